The van der Waals surface area contributed by atoms with Crippen molar-refractivity contribution in [2.75, 3.05) is 6.54 Å². The molecule has 1 heterocycles. The lowest BCUT2D eigenvalue weighted by molar-refractivity contribution is 0.309. The lowest BCUT2D eigenvalue weighted by atomic mass is 9.82. The summed E-state index contributed by atoms with van der Waals surface area (Å²) < 4.78 is 0. The Labute approximate surface area is 123 Å². The molecule has 0 aromatic carbocycles. The molecule has 0 saturated heterocycles. The summed E-state index contributed by atoms with van der Waals surface area (Å²) in [7, 11) is 0. The molecule has 3 nitrogen and oxygen atoms in total. The average molecular weight is 296 g/mol. The second-order valence-corrected chi connectivity index (χ2v) is 6.63. The van der Waals surface area contributed by atoms with Gasteiger partial charge in [-0.2, -0.15) is 5.26 Å². The molecule has 2 unspecified atom stereocenters. The molecule has 0 aliphatic heterocycles. The third-order valence-electron chi connectivity index (χ3n) is 3.42. The van der Waals surface area contributed by atoms with Gasteiger partial charge in [0.25, 0.3) is 0 Å². The quantitative estimate of drug-likeness (QED) is 0.921. The topological polar surface area (TPSA) is 48.7 Å². The van der Waals surface area contributed by atoms with Gasteiger partial charge in [0.1, 0.15) is 5.54 Å². The van der Waals surface area contributed by atoms with E-state index in [-0.39, 0.29) is 5.54 Å². The van der Waals surface area contributed by atoms with Gasteiger partial charge in [-0.15, -0.1) is 11.8 Å². The molecule has 0 radical (unpaired) electrons. The van der Waals surface area contributed by atoms with E-state index in [0.29, 0.717) is 10.3 Å². The predicted molar refractivity (Wildman–Crippen MR) is 79.4 cm³/mol. The van der Waals surface area contributed by atoms with E-state index >= 15 is 0 Å². The van der Waals surface area contributed by atoms with Gasteiger partial charge in [0.15, 0.2) is 0 Å². The van der Waals surface area contributed by atoms with Crippen LogP contribution in [0.5, 0.6) is 0 Å². The molecular formula is C14H18ClN3S. The Bertz CT molecular complexity index is 453. The fraction of sp³-hybridized carbons (Fsp3) is 0.571. The summed E-state index contributed by atoms with van der Waals surface area (Å²) in [5.41, 5.74) is -0.350. The molecule has 1 aliphatic carbocycles. The normalized spacial score (nSPS) is 26.9. The number of hydrogen-bond donors (Lipinski definition) is 1. The second-order valence-electron chi connectivity index (χ2n) is 4.88. The van der Waals surface area contributed by atoms with Crippen molar-refractivity contribution in [1.29, 1.82) is 5.26 Å². The number of aromatic nitrogens is 1. The van der Waals surface area contributed by atoms with E-state index in [1.54, 1.807) is 18.0 Å². The molecule has 2 atom stereocenters. The molecule has 0 bridgehead atoms. The van der Waals surface area contributed by atoms with Crippen LogP contribution in [0.15, 0.2) is 23.4 Å². The number of halogens is 1. The Morgan fingerprint density at radius 2 is 2.47 bits per heavy atom. The zero-order valence-corrected chi connectivity index (χ0v) is 12.6. The zero-order chi connectivity index (χ0) is 13.7. The van der Waals surface area contributed by atoms with Crippen molar-refractivity contribution in [1.82, 2.24) is 10.3 Å². The first-order valence-corrected chi connectivity index (χ1v) is 7.88. The highest BCUT2D eigenvalue weighted by atomic mass is 35.5. The van der Waals surface area contributed by atoms with Crippen LogP contribution in [-0.2, 0) is 0 Å². The third-order valence-corrected chi connectivity index (χ3v) is 4.86. The zero-order valence-electron chi connectivity index (χ0n) is 11.0. The van der Waals surface area contributed by atoms with Crippen molar-refractivity contribution < 1.29 is 0 Å². The van der Waals surface area contributed by atoms with E-state index in [9.17, 15) is 5.26 Å². The number of hydrogen-bond acceptors (Lipinski definition) is 4. The minimum absolute atomic E-state index is 0.350. The molecule has 1 aromatic rings. The van der Waals surface area contributed by atoms with Gasteiger partial charge in [-0.25, -0.2) is 4.98 Å². The molecule has 19 heavy (non-hydrogen) atoms. The van der Waals surface area contributed by atoms with Crippen LogP contribution in [0.1, 0.15) is 32.6 Å². The van der Waals surface area contributed by atoms with E-state index < -0.39 is 0 Å². The van der Waals surface area contributed by atoms with Gasteiger partial charge >= 0.3 is 0 Å². The van der Waals surface area contributed by atoms with Gasteiger partial charge in [0.05, 0.1) is 16.1 Å². The highest BCUT2D eigenvalue weighted by molar-refractivity contribution is 7.99. The Hall–Kier alpha value is -0.760. The lowest BCUT2D eigenvalue weighted by Gasteiger charge is -2.35. The fourth-order valence-electron chi connectivity index (χ4n) is 2.57. The monoisotopic (exact) mass is 295 g/mol. The standard InChI is InChI=1S/C14H18ClN3S/c1-2-18-14(10-16)7-3-4-12(8-14)19-13-6-5-11(15)9-17-13/h5-6,9,12,18H,2-4,7-8H2,1H3. The number of pyridine rings is 1. The molecule has 102 valence electrons. The maximum atomic E-state index is 9.44. The van der Waals surface area contributed by atoms with E-state index in [1.807, 2.05) is 12.1 Å². The molecule has 5 heteroatoms. The smallest absolute Gasteiger partial charge is 0.107 e. The Morgan fingerprint density at radius 1 is 1.63 bits per heavy atom. The number of nitrogens with zero attached hydrogens (tertiary/aromatic N) is 2. The maximum Gasteiger partial charge on any atom is 0.107 e. The first-order valence-electron chi connectivity index (χ1n) is 6.62. The summed E-state index contributed by atoms with van der Waals surface area (Å²) in [6, 6.07) is 6.29. The van der Waals surface area contributed by atoms with Crippen molar-refractivity contribution in [3.63, 3.8) is 0 Å². The largest absolute Gasteiger partial charge is 0.300 e. The van der Waals surface area contributed by atoms with Crippen LogP contribution >= 0.6 is 23.4 Å². The fourth-order valence-corrected chi connectivity index (χ4v) is 3.93. The van der Waals surface area contributed by atoms with Crippen LogP contribution < -0.4 is 5.32 Å². The molecule has 0 spiro atoms. The van der Waals surface area contributed by atoms with Crippen LogP contribution in [-0.4, -0.2) is 22.3 Å². The van der Waals surface area contributed by atoms with Crippen LogP contribution in [0.4, 0.5) is 0 Å². The van der Waals surface area contributed by atoms with Crippen LogP contribution in [0.3, 0.4) is 0 Å². The maximum absolute atomic E-state index is 9.44. The first kappa shape index (κ1) is 14.6. The van der Waals surface area contributed by atoms with Crippen LogP contribution in [0.2, 0.25) is 5.02 Å². The minimum atomic E-state index is -0.350. The second kappa shape index (κ2) is 6.60. The van der Waals surface area contributed by atoms with Gasteiger partial charge < -0.3 is 0 Å². The van der Waals surface area contributed by atoms with E-state index in [1.165, 1.54) is 0 Å². The highest BCUT2D eigenvalue weighted by Crippen LogP contribution is 2.37. The molecule has 1 saturated carbocycles. The molecule has 1 N–H and O–H groups in total. The highest BCUT2D eigenvalue weighted by Gasteiger charge is 2.36. The Morgan fingerprint density at radius 3 is 3.11 bits per heavy atom. The SMILES string of the molecule is CCNC1(C#N)CCCC(Sc2ccc(Cl)cn2)C1. The lowest BCUT2D eigenvalue weighted by Crippen LogP contribution is -2.48. The summed E-state index contributed by atoms with van der Waals surface area (Å²) in [5, 5.41) is 14.9. The van der Waals surface area contributed by atoms with Gasteiger partial charge in [0.2, 0.25) is 0 Å². The Kier molecular flexibility index (Phi) is 5.09. The van der Waals surface area contributed by atoms with Crippen molar-refractivity contribution in [3.8, 4) is 6.07 Å². The van der Waals surface area contributed by atoms with Gasteiger partial charge in [-0.3, -0.25) is 5.32 Å². The summed E-state index contributed by atoms with van der Waals surface area (Å²) in [4.78, 5) is 4.32. The van der Waals surface area contributed by atoms with E-state index in [2.05, 4.69) is 23.3 Å². The van der Waals surface area contributed by atoms with Gasteiger partial charge in [0, 0.05) is 11.4 Å². The van der Waals surface area contributed by atoms with Crippen LogP contribution in [0.25, 0.3) is 0 Å². The van der Waals surface area contributed by atoms with E-state index in [4.69, 9.17) is 11.6 Å². The summed E-state index contributed by atoms with van der Waals surface area (Å²) in [6.07, 6.45) is 5.74. The van der Waals surface area contributed by atoms with Crippen molar-refractivity contribution >= 4 is 23.4 Å². The van der Waals surface area contributed by atoms with Crippen molar-refractivity contribution in [3.05, 3.63) is 23.4 Å². The predicted octanol–water partition coefficient (Wildman–Crippen LogP) is 3.64. The van der Waals surface area contributed by atoms with Crippen molar-refractivity contribution in [2.24, 2.45) is 0 Å². The van der Waals surface area contributed by atoms with Gasteiger partial charge in [-0.05, 0) is 44.4 Å². The molecule has 1 aromatic heterocycles. The minimum Gasteiger partial charge on any atom is -0.300 e. The van der Waals surface area contributed by atoms with Crippen LogP contribution in [0, 0.1) is 11.3 Å². The molecular weight excluding hydrogens is 278 g/mol. The third kappa shape index (κ3) is 3.85. The Balaban J connectivity index is 2.01. The van der Waals surface area contributed by atoms with Gasteiger partial charge in [-0.1, -0.05) is 18.5 Å². The number of rotatable bonds is 4. The number of nitrogens with one attached hydrogen (secondary N) is 1. The molecule has 1 aliphatic rings. The summed E-state index contributed by atoms with van der Waals surface area (Å²) in [5.74, 6) is 0. The number of nitriles is 1. The molecule has 2 rings (SSSR count). The average Bonchev–Trinajstić information content (AvgIpc) is 2.42. The summed E-state index contributed by atoms with van der Waals surface area (Å²) >= 11 is 7.59. The summed E-state index contributed by atoms with van der Waals surface area (Å²) in [6.45, 7) is 2.89. The molecule has 1 fully saturated rings. The molecule has 0 amide bonds. The number of thioether (sulfide) groups is 1. The first-order chi connectivity index (χ1) is 9.17. The van der Waals surface area contributed by atoms with Crippen molar-refractivity contribution in [2.45, 2.75) is 48.4 Å². The van der Waals surface area contributed by atoms with E-state index in [0.717, 1.165) is 37.3 Å².